The summed E-state index contributed by atoms with van der Waals surface area (Å²) in [6.45, 7) is 0.750. The molecule has 2 heterocycles. The fourth-order valence-corrected chi connectivity index (χ4v) is 2.80. The van der Waals surface area contributed by atoms with Gasteiger partial charge in [0.1, 0.15) is 11.9 Å². The molecule has 1 atom stereocenters. The van der Waals surface area contributed by atoms with E-state index in [0.29, 0.717) is 19.5 Å². The summed E-state index contributed by atoms with van der Waals surface area (Å²) in [6.07, 6.45) is 3.31. The van der Waals surface area contributed by atoms with Crippen LogP contribution in [-0.4, -0.2) is 47.1 Å². The van der Waals surface area contributed by atoms with E-state index >= 15 is 0 Å². The van der Waals surface area contributed by atoms with Crippen LogP contribution in [0.3, 0.4) is 0 Å². The van der Waals surface area contributed by atoms with Crippen LogP contribution in [-0.2, 0) is 0 Å². The third-order valence-electron chi connectivity index (χ3n) is 3.71. The van der Waals surface area contributed by atoms with E-state index in [0.717, 1.165) is 0 Å². The first-order chi connectivity index (χ1) is 11.6. The molecular weight excluding hydrogens is 337 g/mol. The smallest absolute Gasteiger partial charge is 0.278 e. The molecule has 1 fully saturated rings. The molecule has 8 heteroatoms. The van der Waals surface area contributed by atoms with Crippen LogP contribution in [0.25, 0.3) is 0 Å². The minimum atomic E-state index is -0.632. The van der Waals surface area contributed by atoms with Gasteiger partial charge < -0.3 is 14.4 Å². The Kier molecular flexibility index (Phi) is 4.80. The first-order valence-electron chi connectivity index (χ1n) is 7.35. The Hall–Kier alpha value is -2.41. The highest BCUT2D eigenvalue weighted by Gasteiger charge is 2.31. The molecule has 1 saturated heterocycles. The van der Waals surface area contributed by atoms with Crippen LogP contribution in [0.15, 0.2) is 30.6 Å². The van der Waals surface area contributed by atoms with Crippen molar-refractivity contribution in [2.45, 2.75) is 12.5 Å². The summed E-state index contributed by atoms with van der Waals surface area (Å²) in [5.74, 6) is -0.537. The lowest BCUT2D eigenvalue weighted by atomic mass is 10.2. The number of likely N-dealkylation sites (tertiary alicyclic amines) is 1. The first-order valence-corrected chi connectivity index (χ1v) is 7.73. The van der Waals surface area contributed by atoms with Gasteiger partial charge in [-0.15, -0.1) is 0 Å². The van der Waals surface area contributed by atoms with Gasteiger partial charge in [-0.2, -0.15) is 0 Å². The van der Waals surface area contributed by atoms with E-state index in [1.807, 2.05) is 0 Å². The normalized spacial score (nSPS) is 17.0. The Bertz CT molecular complexity index is 739. The summed E-state index contributed by atoms with van der Waals surface area (Å²) >= 11 is 5.95. The molecule has 2 aromatic rings. The topological polar surface area (TPSA) is 64.6 Å². The Labute approximate surface area is 143 Å². The number of methoxy groups -OCH3 is 1. The third-order valence-corrected chi connectivity index (χ3v) is 4.03. The number of hydrogen-bond donors (Lipinski definition) is 0. The molecule has 0 bridgehead atoms. The van der Waals surface area contributed by atoms with E-state index in [2.05, 4.69) is 9.97 Å². The molecule has 3 rings (SSSR count). The van der Waals surface area contributed by atoms with Crippen LogP contribution in [0, 0.1) is 5.82 Å². The van der Waals surface area contributed by atoms with Crippen molar-refractivity contribution in [1.82, 2.24) is 14.9 Å². The number of amides is 1. The van der Waals surface area contributed by atoms with E-state index in [4.69, 9.17) is 21.1 Å². The molecule has 1 amide bonds. The number of aromatic nitrogens is 2. The fourth-order valence-electron chi connectivity index (χ4n) is 2.56. The molecule has 1 aromatic carbocycles. The minimum absolute atomic E-state index is 0.0972. The molecule has 126 valence electrons. The van der Waals surface area contributed by atoms with Gasteiger partial charge in [-0.05, 0) is 12.1 Å². The Morgan fingerprint density at radius 2 is 2.08 bits per heavy atom. The van der Waals surface area contributed by atoms with Gasteiger partial charge in [0.05, 0.1) is 24.2 Å². The standard InChI is InChI=1S/C16H15ClFN3O3/c1-23-14-15(20-7-6-19-14)24-10-5-8-21(9-10)16(22)13-11(17)3-2-4-12(13)18/h2-4,6-7,10H,5,8-9H2,1H3. The summed E-state index contributed by atoms with van der Waals surface area (Å²) in [4.78, 5) is 22.1. The van der Waals surface area contributed by atoms with E-state index in [1.54, 1.807) is 0 Å². The van der Waals surface area contributed by atoms with Gasteiger partial charge >= 0.3 is 0 Å². The molecule has 1 aliphatic heterocycles. The van der Waals surface area contributed by atoms with Crippen molar-refractivity contribution in [1.29, 1.82) is 0 Å². The fraction of sp³-hybridized carbons (Fsp3) is 0.312. The Balaban J connectivity index is 1.70. The predicted octanol–water partition coefficient (Wildman–Crippen LogP) is 2.57. The highest BCUT2D eigenvalue weighted by atomic mass is 35.5. The van der Waals surface area contributed by atoms with Gasteiger partial charge in [-0.3, -0.25) is 4.79 Å². The van der Waals surface area contributed by atoms with Crippen LogP contribution >= 0.6 is 11.6 Å². The van der Waals surface area contributed by atoms with Crippen molar-refractivity contribution in [2.75, 3.05) is 20.2 Å². The molecule has 1 aromatic heterocycles. The quantitative estimate of drug-likeness (QED) is 0.847. The number of ether oxygens (including phenoxy) is 2. The number of hydrogen-bond acceptors (Lipinski definition) is 5. The summed E-state index contributed by atoms with van der Waals surface area (Å²) in [5.41, 5.74) is -0.114. The molecule has 1 aliphatic rings. The average Bonchev–Trinajstić information content (AvgIpc) is 3.03. The van der Waals surface area contributed by atoms with E-state index in [1.165, 1.54) is 42.6 Å². The lowest BCUT2D eigenvalue weighted by molar-refractivity contribution is 0.0765. The second-order valence-corrected chi connectivity index (χ2v) is 5.65. The van der Waals surface area contributed by atoms with Crippen molar-refractivity contribution < 1.29 is 18.7 Å². The lowest BCUT2D eigenvalue weighted by Crippen LogP contribution is -2.31. The maximum Gasteiger partial charge on any atom is 0.278 e. The molecule has 0 N–H and O–H groups in total. The van der Waals surface area contributed by atoms with Crippen molar-refractivity contribution >= 4 is 17.5 Å². The van der Waals surface area contributed by atoms with Crippen molar-refractivity contribution in [3.05, 3.63) is 47.0 Å². The minimum Gasteiger partial charge on any atom is -0.477 e. The monoisotopic (exact) mass is 351 g/mol. The summed E-state index contributed by atoms with van der Waals surface area (Å²) in [6, 6.07) is 4.17. The Morgan fingerprint density at radius 3 is 2.79 bits per heavy atom. The average molecular weight is 352 g/mol. The van der Waals surface area contributed by atoms with Gasteiger partial charge in [0, 0.05) is 25.4 Å². The maximum atomic E-state index is 13.9. The number of carbonyl (C=O) groups excluding carboxylic acids is 1. The zero-order valence-corrected chi connectivity index (χ0v) is 13.7. The van der Waals surface area contributed by atoms with Gasteiger partial charge in [-0.25, -0.2) is 14.4 Å². The molecule has 0 radical (unpaired) electrons. The molecule has 6 nitrogen and oxygen atoms in total. The zero-order valence-electron chi connectivity index (χ0n) is 12.9. The lowest BCUT2D eigenvalue weighted by Gasteiger charge is -2.18. The molecule has 0 saturated carbocycles. The summed E-state index contributed by atoms with van der Waals surface area (Å²) in [7, 11) is 1.47. The van der Waals surface area contributed by atoms with Gasteiger partial charge in [-0.1, -0.05) is 17.7 Å². The van der Waals surface area contributed by atoms with Gasteiger partial charge in [0.25, 0.3) is 17.7 Å². The number of halogens is 2. The van der Waals surface area contributed by atoms with Crippen molar-refractivity contribution in [2.24, 2.45) is 0 Å². The van der Waals surface area contributed by atoms with Crippen LogP contribution in [0.2, 0.25) is 5.02 Å². The zero-order chi connectivity index (χ0) is 17.1. The predicted molar refractivity (Wildman–Crippen MR) is 84.9 cm³/mol. The van der Waals surface area contributed by atoms with Crippen LogP contribution < -0.4 is 9.47 Å². The highest BCUT2D eigenvalue weighted by Crippen LogP contribution is 2.26. The van der Waals surface area contributed by atoms with E-state index in [-0.39, 0.29) is 28.5 Å². The summed E-state index contributed by atoms with van der Waals surface area (Å²) < 4.78 is 24.7. The molecule has 0 aliphatic carbocycles. The van der Waals surface area contributed by atoms with Gasteiger partial charge in [0.15, 0.2) is 0 Å². The second kappa shape index (κ2) is 7.00. The highest BCUT2D eigenvalue weighted by molar-refractivity contribution is 6.33. The largest absolute Gasteiger partial charge is 0.477 e. The number of carbonyl (C=O) groups is 1. The third kappa shape index (κ3) is 3.26. The number of benzene rings is 1. The first kappa shape index (κ1) is 16.4. The van der Waals surface area contributed by atoms with Crippen LogP contribution in [0.4, 0.5) is 4.39 Å². The Morgan fingerprint density at radius 1 is 1.33 bits per heavy atom. The molecule has 0 spiro atoms. The molecule has 1 unspecified atom stereocenters. The molecular formula is C16H15ClFN3O3. The summed E-state index contributed by atoms with van der Waals surface area (Å²) in [5, 5.41) is 0.0972. The van der Waals surface area contributed by atoms with Crippen molar-refractivity contribution in [3.8, 4) is 11.8 Å². The van der Waals surface area contributed by atoms with Crippen LogP contribution in [0.1, 0.15) is 16.8 Å². The SMILES string of the molecule is COc1nccnc1OC1CCN(C(=O)c2c(F)cccc2Cl)C1. The van der Waals surface area contributed by atoms with Crippen LogP contribution in [0.5, 0.6) is 11.8 Å². The van der Waals surface area contributed by atoms with E-state index < -0.39 is 11.7 Å². The molecule has 24 heavy (non-hydrogen) atoms. The van der Waals surface area contributed by atoms with E-state index in [9.17, 15) is 9.18 Å². The number of nitrogens with zero attached hydrogens (tertiary/aromatic N) is 3. The van der Waals surface area contributed by atoms with Crippen molar-refractivity contribution in [3.63, 3.8) is 0 Å². The second-order valence-electron chi connectivity index (χ2n) is 5.25. The maximum absolute atomic E-state index is 13.9. The number of rotatable bonds is 4. The van der Waals surface area contributed by atoms with Gasteiger partial charge in [0.2, 0.25) is 0 Å².